The fraction of sp³-hybridized carbons (Fsp3) is 1.00. The number of likely N-dealkylation sites (tertiary alicyclic amines) is 1. The maximum atomic E-state index is 12.1. The number of fused-ring (bicyclic) bond motifs is 1. The second-order valence-corrected chi connectivity index (χ2v) is 9.81. The minimum Gasteiger partial charge on any atom is -0.297 e. The number of piperidine rings is 1. The molecule has 0 amide bonds. The van der Waals surface area contributed by atoms with Crippen LogP contribution in [0, 0.1) is 0 Å². The maximum absolute atomic E-state index is 12.1. The van der Waals surface area contributed by atoms with E-state index in [1.54, 1.807) is 0 Å². The van der Waals surface area contributed by atoms with Gasteiger partial charge < -0.3 is 0 Å². The van der Waals surface area contributed by atoms with Crippen LogP contribution in [0.4, 0.5) is 0 Å². The molecular formula is C14H29N3O2S. The second-order valence-electron chi connectivity index (χ2n) is 8.08. The highest BCUT2D eigenvalue weighted by Crippen LogP contribution is 2.30. The lowest BCUT2D eigenvalue weighted by molar-refractivity contribution is -0.00609. The molecule has 2 saturated heterocycles. The zero-order chi connectivity index (χ0) is 15.3. The van der Waals surface area contributed by atoms with Crippen LogP contribution in [0.3, 0.4) is 0 Å². The van der Waals surface area contributed by atoms with E-state index < -0.39 is 10.0 Å². The summed E-state index contributed by atoms with van der Waals surface area (Å²) >= 11 is 0. The zero-order valence-corrected chi connectivity index (χ0v) is 14.4. The predicted molar refractivity (Wildman–Crippen MR) is 82.0 cm³/mol. The Morgan fingerprint density at radius 2 is 1.65 bits per heavy atom. The molecule has 20 heavy (non-hydrogen) atoms. The van der Waals surface area contributed by atoms with Crippen molar-refractivity contribution >= 4 is 10.0 Å². The van der Waals surface area contributed by atoms with Crippen molar-refractivity contribution in [2.75, 3.05) is 19.0 Å². The highest BCUT2D eigenvalue weighted by Gasteiger charge is 2.46. The number of hydrogen-bond acceptors (Lipinski definition) is 4. The first-order chi connectivity index (χ1) is 8.90. The van der Waals surface area contributed by atoms with Crippen LogP contribution in [0.2, 0.25) is 0 Å². The Kier molecular flexibility index (Phi) is 4.00. The second kappa shape index (κ2) is 4.93. The Hall–Kier alpha value is -0.170. The summed E-state index contributed by atoms with van der Waals surface area (Å²) in [6, 6.07) is 0.304. The van der Waals surface area contributed by atoms with Crippen molar-refractivity contribution in [3.05, 3.63) is 0 Å². The molecule has 1 N–H and O–H groups in total. The zero-order valence-electron chi connectivity index (χ0n) is 13.6. The molecule has 2 atom stereocenters. The fourth-order valence-corrected chi connectivity index (χ4v) is 4.99. The molecule has 2 rings (SSSR count). The fourth-order valence-electron chi connectivity index (χ4n) is 3.23. The van der Waals surface area contributed by atoms with Crippen LogP contribution in [-0.2, 0) is 10.0 Å². The third-order valence-corrected chi connectivity index (χ3v) is 5.71. The minimum atomic E-state index is -3.18. The quantitative estimate of drug-likeness (QED) is 0.731. The largest absolute Gasteiger partial charge is 0.297 e. The van der Waals surface area contributed by atoms with Crippen molar-refractivity contribution in [3.63, 3.8) is 0 Å². The van der Waals surface area contributed by atoms with E-state index in [9.17, 15) is 8.42 Å². The first kappa shape index (κ1) is 16.2. The molecule has 2 heterocycles. The van der Waals surface area contributed by atoms with E-state index in [0.717, 1.165) is 19.5 Å². The van der Waals surface area contributed by atoms with Crippen LogP contribution in [-0.4, -0.2) is 60.3 Å². The Morgan fingerprint density at radius 1 is 1.05 bits per heavy atom. The summed E-state index contributed by atoms with van der Waals surface area (Å²) in [7, 11) is -3.18. The van der Waals surface area contributed by atoms with E-state index in [1.807, 2.05) is 0 Å². The molecule has 2 aliphatic heterocycles. The van der Waals surface area contributed by atoms with Gasteiger partial charge in [-0.05, 0) is 48.0 Å². The number of sulfonamides is 1. The predicted octanol–water partition coefficient (Wildman–Crippen LogP) is 1.22. The van der Waals surface area contributed by atoms with Crippen molar-refractivity contribution in [1.29, 1.82) is 0 Å². The highest BCUT2D eigenvalue weighted by atomic mass is 32.2. The number of nitrogens with zero attached hydrogens (tertiary/aromatic N) is 2. The van der Waals surface area contributed by atoms with Crippen LogP contribution in [0.15, 0.2) is 0 Å². The molecule has 0 aromatic heterocycles. The smallest absolute Gasteiger partial charge is 0.225 e. The van der Waals surface area contributed by atoms with Crippen molar-refractivity contribution in [3.8, 4) is 0 Å². The van der Waals surface area contributed by atoms with Crippen LogP contribution in [0.25, 0.3) is 0 Å². The van der Waals surface area contributed by atoms with Crippen LogP contribution in [0.1, 0.15) is 48.0 Å². The maximum Gasteiger partial charge on any atom is 0.225 e. The summed E-state index contributed by atoms with van der Waals surface area (Å²) in [4.78, 5) is 4.62. The van der Waals surface area contributed by atoms with Gasteiger partial charge in [0.25, 0.3) is 0 Å². The molecule has 0 aromatic carbocycles. The molecule has 0 bridgehead atoms. The molecule has 0 spiro atoms. The summed E-state index contributed by atoms with van der Waals surface area (Å²) in [6.45, 7) is 14.8. The van der Waals surface area contributed by atoms with Crippen molar-refractivity contribution in [1.82, 2.24) is 14.5 Å². The number of hydrogen-bond donors (Lipinski definition) is 1. The normalized spacial score (nSPS) is 32.9. The molecule has 5 nitrogen and oxygen atoms in total. The van der Waals surface area contributed by atoms with E-state index in [-0.39, 0.29) is 29.0 Å². The number of nitrogens with one attached hydrogen (secondary N) is 1. The Labute approximate surface area is 123 Å². The van der Waals surface area contributed by atoms with Gasteiger partial charge in [0.1, 0.15) is 5.88 Å². The lowest BCUT2D eigenvalue weighted by Crippen LogP contribution is -2.70. The van der Waals surface area contributed by atoms with Gasteiger partial charge >= 0.3 is 0 Å². The van der Waals surface area contributed by atoms with Gasteiger partial charge in [-0.1, -0.05) is 0 Å². The summed E-state index contributed by atoms with van der Waals surface area (Å²) in [5.41, 5.74) is -0.0101. The monoisotopic (exact) mass is 303 g/mol. The third-order valence-electron chi connectivity index (χ3n) is 4.43. The summed E-state index contributed by atoms with van der Waals surface area (Å²) in [5, 5.41) is 0. The average Bonchev–Trinajstić information content (AvgIpc) is 2.23. The van der Waals surface area contributed by atoms with Gasteiger partial charge in [0.2, 0.25) is 10.0 Å². The first-order valence-corrected chi connectivity index (χ1v) is 9.07. The molecule has 0 aromatic rings. The van der Waals surface area contributed by atoms with Crippen molar-refractivity contribution in [2.45, 2.75) is 71.1 Å². The topological polar surface area (TPSA) is 52.7 Å². The van der Waals surface area contributed by atoms with Gasteiger partial charge in [-0.25, -0.2) is 13.1 Å². The molecule has 0 radical (unpaired) electrons. The van der Waals surface area contributed by atoms with E-state index >= 15 is 0 Å². The molecular weight excluding hydrogens is 274 g/mol. The van der Waals surface area contributed by atoms with Gasteiger partial charge in [-0.15, -0.1) is 0 Å². The van der Waals surface area contributed by atoms with Gasteiger partial charge in [0.15, 0.2) is 0 Å². The van der Waals surface area contributed by atoms with Crippen LogP contribution in [0.5, 0.6) is 0 Å². The summed E-state index contributed by atoms with van der Waals surface area (Å²) in [6.07, 6.45) is 0.883. The molecule has 2 fully saturated rings. The lowest BCUT2D eigenvalue weighted by atomic mass is 9.91. The molecule has 0 saturated carbocycles. The highest BCUT2D eigenvalue weighted by molar-refractivity contribution is 7.89. The standard InChI is InChI=1S/C14H29N3O2S/c1-13(2,3)16-8-7-11-12(9-16)17(14(4,5)6)10-20(18,19)15-11/h11-12,15H,7-10H2,1-6H3. The van der Waals surface area contributed by atoms with Gasteiger partial charge in [-0.3, -0.25) is 9.80 Å². The van der Waals surface area contributed by atoms with Crippen molar-refractivity contribution < 1.29 is 8.42 Å². The van der Waals surface area contributed by atoms with Crippen LogP contribution < -0.4 is 4.72 Å². The molecule has 6 heteroatoms. The van der Waals surface area contributed by atoms with E-state index in [1.165, 1.54) is 0 Å². The summed E-state index contributed by atoms with van der Waals surface area (Å²) in [5.74, 6) is 0.107. The van der Waals surface area contributed by atoms with Crippen molar-refractivity contribution in [2.24, 2.45) is 0 Å². The Morgan fingerprint density at radius 3 is 2.15 bits per heavy atom. The Balaban J connectivity index is 2.27. The Bertz CT molecular complexity index is 462. The van der Waals surface area contributed by atoms with E-state index in [4.69, 9.17) is 0 Å². The molecule has 2 unspecified atom stereocenters. The first-order valence-electron chi connectivity index (χ1n) is 7.42. The van der Waals surface area contributed by atoms with Gasteiger partial charge in [0, 0.05) is 36.3 Å². The van der Waals surface area contributed by atoms with Gasteiger partial charge in [0.05, 0.1) is 0 Å². The van der Waals surface area contributed by atoms with Gasteiger partial charge in [-0.2, -0.15) is 0 Å². The molecule has 2 aliphatic rings. The van der Waals surface area contributed by atoms with E-state index in [0.29, 0.717) is 0 Å². The minimum absolute atomic E-state index is 0.0478. The number of rotatable bonds is 0. The SMILES string of the molecule is CC(C)(C)N1CCC2NS(=O)(=O)CN(C(C)(C)C)C2C1. The van der Waals surface area contributed by atoms with Crippen LogP contribution >= 0.6 is 0 Å². The third kappa shape index (κ3) is 3.35. The molecule has 0 aliphatic carbocycles. The molecule has 118 valence electrons. The van der Waals surface area contributed by atoms with E-state index in [2.05, 4.69) is 56.1 Å². The lowest BCUT2D eigenvalue weighted by Gasteiger charge is -2.54. The summed E-state index contributed by atoms with van der Waals surface area (Å²) < 4.78 is 27.0. The average molecular weight is 303 g/mol.